The van der Waals surface area contributed by atoms with Crippen LogP contribution in [0.3, 0.4) is 0 Å². The third-order valence-electron chi connectivity index (χ3n) is 3.39. The predicted octanol–water partition coefficient (Wildman–Crippen LogP) is 5.40. The van der Waals surface area contributed by atoms with Gasteiger partial charge in [0.25, 0.3) is 0 Å². The Hall–Kier alpha value is -0.320. The first-order valence-electron chi connectivity index (χ1n) is 7.87. The fraction of sp³-hybridized carbons (Fsp3) is 1.00. The molecule has 0 amide bonds. The van der Waals surface area contributed by atoms with E-state index in [1.165, 1.54) is 44.9 Å². The van der Waals surface area contributed by atoms with Crippen molar-refractivity contribution in [1.82, 2.24) is 5.32 Å². The molecule has 0 rings (SSSR count). The third kappa shape index (κ3) is 11.5. The zero-order valence-electron chi connectivity index (χ0n) is 12.6. The summed E-state index contributed by atoms with van der Waals surface area (Å²) < 4.78 is 48.8. The highest BCUT2D eigenvalue weighted by atomic mass is 19.3. The molecule has 0 aliphatic heterocycles. The van der Waals surface area contributed by atoms with E-state index in [4.69, 9.17) is 0 Å². The number of alkyl halides is 4. The van der Waals surface area contributed by atoms with E-state index in [1.807, 2.05) is 0 Å². The number of rotatable bonds is 14. The number of hydrogen-bond donors (Lipinski definition) is 1. The van der Waals surface area contributed by atoms with Crippen LogP contribution in [0.15, 0.2) is 0 Å². The summed E-state index contributed by atoms with van der Waals surface area (Å²) in [6, 6.07) is 0. The number of hydrogen-bond acceptors (Lipinski definition) is 1. The lowest BCUT2D eigenvalue weighted by Crippen LogP contribution is -2.39. The molecule has 1 nitrogen and oxygen atoms in total. The van der Waals surface area contributed by atoms with Crippen molar-refractivity contribution in [3.8, 4) is 0 Å². The molecule has 0 unspecified atom stereocenters. The maximum Gasteiger partial charge on any atom is 0.319 e. The predicted molar refractivity (Wildman–Crippen MR) is 75.7 cm³/mol. The molecule has 0 aliphatic rings. The Morgan fingerprint density at radius 3 is 1.70 bits per heavy atom. The molecule has 5 heteroatoms. The Labute approximate surface area is 120 Å². The summed E-state index contributed by atoms with van der Waals surface area (Å²) >= 11 is 0. The second kappa shape index (κ2) is 12.4. The second-order valence-corrected chi connectivity index (χ2v) is 5.42. The van der Waals surface area contributed by atoms with Crippen LogP contribution in [0, 0.1) is 0 Å². The Morgan fingerprint density at radius 2 is 1.25 bits per heavy atom. The van der Waals surface area contributed by atoms with Gasteiger partial charge >= 0.3 is 12.3 Å². The lowest BCUT2D eigenvalue weighted by molar-refractivity contribution is -0.125. The zero-order valence-corrected chi connectivity index (χ0v) is 12.6. The van der Waals surface area contributed by atoms with Gasteiger partial charge in [0, 0.05) is 0 Å². The molecule has 0 aromatic heterocycles. The van der Waals surface area contributed by atoms with Crippen molar-refractivity contribution >= 4 is 0 Å². The zero-order chi connectivity index (χ0) is 15.3. The molecular weight excluding hydrogens is 270 g/mol. The average Bonchev–Trinajstić information content (AvgIpc) is 2.39. The van der Waals surface area contributed by atoms with Crippen LogP contribution in [0.5, 0.6) is 0 Å². The van der Waals surface area contributed by atoms with Crippen LogP contribution in [-0.2, 0) is 0 Å². The second-order valence-electron chi connectivity index (χ2n) is 5.42. The van der Waals surface area contributed by atoms with E-state index in [0.717, 1.165) is 19.3 Å². The van der Waals surface area contributed by atoms with Crippen molar-refractivity contribution in [3.63, 3.8) is 0 Å². The summed E-state index contributed by atoms with van der Waals surface area (Å²) in [5.41, 5.74) is 0. The quantitative estimate of drug-likeness (QED) is 0.334. The van der Waals surface area contributed by atoms with E-state index < -0.39 is 18.9 Å². The average molecular weight is 299 g/mol. The van der Waals surface area contributed by atoms with Crippen molar-refractivity contribution in [2.24, 2.45) is 0 Å². The summed E-state index contributed by atoms with van der Waals surface area (Å²) in [6.45, 7) is 1.66. The number of halogens is 4. The van der Waals surface area contributed by atoms with E-state index in [-0.39, 0.29) is 0 Å². The van der Waals surface area contributed by atoms with Crippen molar-refractivity contribution in [2.75, 3.05) is 13.1 Å². The molecule has 0 bridgehead atoms. The Morgan fingerprint density at radius 1 is 0.800 bits per heavy atom. The molecule has 0 saturated carbocycles. The van der Waals surface area contributed by atoms with Gasteiger partial charge in [-0.25, -0.2) is 8.78 Å². The molecule has 0 heterocycles. The van der Waals surface area contributed by atoms with Gasteiger partial charge in [-0.1, -0.05) is 64.7 Å². The van der Waals surface area contributed by atoms with Crippen LogP contribution in [0.4, 0.5) is 17.6 Å². The van der Waals surface area contributed by atoms with Crippen molar-refractivity contribution in [2.45, 2.75) is 83.5 Å². The van der Waals surface area contributed by atoms with E-state index >= 15 is 0 Å². The first-order valence-corrected chi connectivity index (χ1v) is 7.87. The fourth-order valence-corrected chi connectivity index (χ4v) is 2.07. The molecule has 0 aromatic rings. The molecule has 122 valence electrons. The normalized spacial score (nSPS) is 12.3. The highest BCUT2D eigenvalue weighted by Gasteiger charge is 2.39. The van der Waals surface area contributed by atoms with E-state index in [2.05, 4.69) is 12.2 Å². The van der Waals surface area contributed by atoms with Crippen LogP contribution in [0.2, 0.25) is 0 Å². The van der Waals surface area contributed by atoms with E-state index in [0.29, 0.717) is 6.54 Å². The van der Waals surface area contributed by atoms with Crippen LogP contribution < -0.4 is 5.32 Å². The van der Waals surface area contributed by atoms with Gasteiger partial charge in [-0.3, -0.25) is 0 Å². The molecule has 1 N–H and O–H groups in total. The molecule has 0 aromatic carbocycles. The smallest absolute Gasteiger partial charge is 0.311 e. The summed E-state index contributed by atoms with van der Waals surface area (Å²) in [7, 11) is 0. The number of nitrogens with one attached hydrogen (secondary N) is 1. The highest BCUT2D eigenvalue weighted by molar-refractivity contribution is 4.71. The van der Waals surface area contributed by atoms with Crippen LogP contribution in [-0.4, -0.2) is 25.4 Å². The Balaban J connectivity index is 3.17. The Bertz CT molecular complexity index is 210. The molecule has 20 heavy (non-hydrogen) atoms. The van der Waals surface area contributed by atoms with Gasteiger partial charge in [-0.05, 0) is 13.0 Å². The summed E-state index contributed by atoms with van der Waals surface area (Å²) in [4.78, 5) is 0. The lowest BCUT2D eigenvalue weighted by atomic mass is 10.1. The SMILES string of the molecule is CCCCCCCCCCCCNCC(F)(F)C(F)F. The first kappa shape index (κ1) is 19.7. The monoisotopic (exact) mass is 299 g/mol. The topological polar surface area (TPSA) is 12.0 Å². The minimum Gasteiger partial charge on any atom is -0.311 e. The van der Waals surface area contributed by atoms with Gasteiger partial charge in [-0.15, -0.1) is 0 Å². The van der Waals surface area contributed by atoms with Crippen molar-refractivity contribution < 1.29 is 17.6 Å². The van der Waals surface area contributed by atoms with Gasteiger partial charge in [0.15, 0.2) is 0 Å². The maximum absolute atomic E-state index is 12.5. The van der Waals surface area contributed by atoms with Gasteiger partial charge in [0.2, 0.25) is 0 Å². The van der Waals surface area contributed by atoms with E-state index in [9.17, 15) is 17.6 Å². The lowest BCUT2D eigenvalue weighted by Gasteiger charge is -2.15. The van der Waals surface area contributed by atoms with Crippen molar-refractivity contribution in [1.29, 1.82) is 0 Å². The molecule has 0 fully saturated rings. The Kier molecular flexibility index (Phi) is 12.2. The van der Waals surface area contributed by atoms with Gasteiger partial charge in [0.1, 0.15) is 0 Å². The van der Waals surface area contributed by atoms with Gasteiger partial charge in [0.05, 0.1) is 6.54 Å². The fourth-order valence-electron chi connectivity index (χ4n) is 2.07. The standard InChI is InChI=1S/C15H29F4N/c1-2-3-4-5-6-7-8-9-10-11-12-20-13-15(18,19)14(16)17/h14,20H,2-13H2,1H3. The largest absolute Gasteiger partial charge is 0.319 e. The molecule has 0 saturated heterocycles. The summed E-state index contributed by atoms with van der Waals surface area (Å²) in [5.74, 6) is -3.90. The van der Waals surface area contributed by atoms with E-state index in [1.54, 1.807) is 0 Å². The van der Waals surface area contributed by atoms with Gasteiger partial charge < -0.3 is 5.32 Å². The minimum absolute atomic E-state index is 0.388. The molecule has 0 aliphatic carbocycles. The van der Waals surface area contributed by atoms with Crippen LogP contribution in [0.1, 0.15) is 71.1 Å². The third-order valence-corrected chi connectivity index (χ3v) is 3.39. The minimum atomic E-state index is -3.90. The van der Waals surface area contributed by atoms with Gasteiger partial charge in [-0.2, -0.15) is 8.78 Å². The summed E-state index contributed by atoms with van der Waals surface area (Å²) in [5, 5.41) is 2.40. The molecular formula is C15H29F4N. The maximum atomic E-state index is 12.5. The number of unbranched alkanes of at least 4 members (excludes halogenated alkanes) is 9. The van der Waals surface area contributed by atoms with Crippen molar-refractivity contribution in [3.05, 3.63) is 0 Å². The molecule has 0 atom stereocenters. The summed E-state index contributed by atoms with van der Waals surface area (Å²) in [6.07, 6.45) is 8.16. The highest BCUT2D eigenvalue weighted by Crippen LogP contribution is 2.21. The first-order chi connectivity index (χ1) is 9.50. The van der Waals surface area contributed by atoms with Crippen LogP contribution in [0.25, 0.3) is 0 Å². The molecule has 0 spiro atoms. The molecule has 0 radical (unpaired) electrons. The van der Waals surface area contributed by atoms with Crippen LogP contribution >= 0.6 is 0 Å².